The van der Waals surface area contributed by atoms with Crippen molar-refractivity contribution in [2.75, 3.05) is 0 Å². The van der Waals surface area contributed by atoms with Crippen molar-refractivity contribution in [3.63, 3.8) is 0 Å². The number of aromatic nitrogens is 2. The van der Waals surface area contributed by atoms with Gasteiger partial charge in [-0.2, -0.15) is 5.10 Å². The van der Waals surface area contributed by atoms with Gasteiger partial charge in [0.25, 0.3) is 0 Å². The quantitative estimate of drug-likeness (QED) is 0.710. The molecule has 1 saturated heterocycles. The fourth-order valence-electron chi connectivity index (χ4n) is 2.00. The summed E-state index contributed by atoms with van der Waals surface area (Å²) in [6, 6.07) is 1.61. The second-order valence-electron chi connectivity index (χ2n) is 4.26. The molecule has 1 aliphatic heterocycles. The Bertz CT molecular complexity index is 520. The number of piperidine rings is 1. The van der Waals surface area contributed by atoms with Crippen LogP contribution in [0.1, 0.15) is 30.1 Å². The Morgan fingerprint density at radius 3 is 2.94 bits per heavy atom. The second kappa shape index (κ2) is 4.59. The molecule has 2 rings (SSSR count). The van der Waals surface area contributed by atoms with Crippen LogP contribution in [0.15, 0.2) is 6.07 Å². The third-order valence-electron chi connectivity index (χ3n) is 2.92. The number of nitrogens with zero attached hydrogens (tertiary/aromatic N) is 2. The maximum absolute atomic E-state index is 11.7. The van der Waals surface area contributed by atoms with Gasteiger partial charge in [-0.25, -0.2) is 0 Å². The molecule has 1 aromatic rings. The van der Waals surface area contributed by atoms with Gasteiger partial charge in [-0.15, -0.1) is 0 Å². The van der Waals surface area contributed by atoms with E-state index in [1.54, 1.807) is 13.1 Å². The molecule has 0 aliphatic carbocycles. The zero-order valence-corrected chi connectivity index (χ0v) is 9.84. The van der Waals surface area contributed by atoms with Crippen LogP contribution in [-0.2, 0) is 27.9 Å². The number of hydrogen-bond donors (Lipinski definition) is 2. The number of imide groups is 1. The number of hydrogen-bond acceptors (Lipinski definition) is 4. The number of nitrogens with one attached hydrogen (secondary N) is 1. The normalized spacial score (nSPS) is 19.7. The van der Waals surface area contributed by atoms with Crippen LogP contribution in [0.2, 0.25) is 0 Å². The standard InChI is InChI=1S/C11H13N3O4/c1-14-6(5-10(16)17)4-8(13-14)7-2-3-9(15)12-11(7)18/h4,7H,2-3,5H2,1H3,(H,16,17)(H,12,15,18). The lowest BCUT2D eigenvalue weighted by Crippen LogP contribution is -2.39. The Kier molecular flexibility index (Phi) is 3.14. The summed E-state index contributed by atoms with van der Waals surface area (Å²) in [5.74, 6) is -2.08. The highest BCUT2D eigenvalue weighted by Crippen LogP contribution is 2.24. The Hall–Kier alpha value is -2.18. The maximum atomic E-state index is 11.7. The van der Waals surface area contributed by atoms with Gasteiger partial charge < -0.3 is 5.11 Å². The van der Waals surface area contributed by atoms with Gasteiger partial charge in [0.05, 0.1) is 18.0 Å². The van der Waals surface area contributed by atoms with E-state index < -0.39 is 11.9 Å². The highest BCUT2D eigenvalue weighted by molar-refractivity contribution is 6.00. The van der Waals surface area contributed by atoms with E-state index in [2.05, 4.69) is 10.4 Å². The molecule has 7 nitrogen and oxygen atoms in total. The minimum Gasteiger partial charge on any atom is -0.481 e. The first-order chi connectivity index (χ1) is 8.47. The van der Waals surface area contributed by atoms with Gasteiger partial charge in [-0.3, -0.25) is 24.4 Å². The largest absolute Gasteiger partial charge is 0.481 e. The van der Waals surface area contributed by atoms with E-state index in [4.69, 9.17) is 5.11 Å². The third kappa shape index (κ3) is 2.39. The van der Waals surface area contributed by atoms with Crippen molar-refractivity contribution < 1.29 is 19.5 Å². The molecule has 0 saturated carbocycles. The molecule has 1 unspecified atom stereocenters. The predicted octanol–water partition coefficient (Wildman–Crippen LogP) is -0.433. The average molecular weight is 251 g/mol. The van der Waals surface area contributed by atoms with E-state index in [1.165, 1.54) is 4.68 Å². The maximum Gasteiger partial charge on any atom is 0.309 e. The van der Waals surface area contributed by atoms with E-state index in [9.17, 15) is 14.4 Å². The molecule has 2 heterocycles. The van der Waals surface area contributed by atoms with Crippen molar-refractivity contribution in [3.05, 3.63) is 17.5 Å². The monoisotopic (exact) mass is 251 g/mol. The van der Waals surface area contributed by atoms with Crippen LogP contribution in [0.25, 0.3) is 0 Å². The van der Waals surface area contributed by atoms with Gasteiger partial charge in [0.2, 0.25) is 11.8 Å². The summed E-state index contributed by atoms with van der Waals surface area (Å²) in [5.41, 5.74) is 1.04. The van der Waals surface area contributed by atoms with Crippen LogP contribution in [0.3, 0.4) is 0 Å². The molecule has 1 aromatic heterocycles. The molecule has 2 N–H and O–H groups in total. The SMILES string of the molecule is Cn1nc(C2CCC(=O)NC2=O)cc1CC(=O)O. The summed E-state index contributed by atoms with van der Waals surface area (Å²) in [7, 11) is 1.63. The first kappa shape index (κ1) is 12.3. The summed E-state index contributed by atoms with van der Waals surface area (Å²) in [5, 5.41) is 15.1. The van der Waals surface area contributed by atoms with Crippen LogP contribution >= 0.6 is 0 Å². The minimum atomic E-state index is -0.951. The van der Waals surface area contributed by atoms with Crippen LogP contribution in [0.4, 0.5) is 0 Å². The van der Waals surface area contributed by atoms with Crippen LogP contribution < -0.4 is 5.32 Å². The first-order valence-corrected chi connectivity index (χ1v) is 5.55. The van der Waals surface area contributed by atoms with Gasteiger partial charge in [-0.05, 0) is 12.5 Å². The number of aryl methyl sites for hydroxylation is 1. The molecule has 7 heteroatoms. The lowest BCUT2D eigenvalue weighted by Gasteiger charge is -2.18. The van der Waals surface area contributed by atoms with Crippen molar-refractivity contribution >= 4 is 17.8 Å². The van der Waals surface area contributed by atoms with E-state index in [0.29, 0.717) is 17.8 Å². The first-order valence-electron chi connectivity index (χ1n) is 5.55. The summed E-state index contributed by atoms with van der Waals surface area (Å²) in [6.45, 7) is 0. The number of carbonyl (C=O) groups is 3. The fourth-order valence-corrected chi connectivity index (χ4v) is 2.00. The number of carbonyl (C=O) groups excluding carboxylic acids is 2. The molecule has 96 valence electrons. The van der Waals surface area contributed by atoms with Crippen molar-refractivity contribution in [2.45, 2.75) is 25.2 Å². The molecule has 0 spiro atoms. The molecule has 0 radical (unpaired) electrons. The van der Waals surface area contributed by atoms with E-state index in [0.717, 1.165) is 0 Å². The molecule has 1 atom stereocenters. The second-order valence-corrected chi connectivity index (χ2v) is 4.26. The number of aliphatic carboxylic acids is 1. The summed E-state index contributed by atoms with van der Waals surface area (Å²) in [6.07, 6.45) is 0.548. The highest BCUT2D eigenvalue weighted by Gasteiger charge is 2.30. The molecular formula is C11H13N3O4. The van der Waals surface area contributed by atoms with Crippen LogP contribution in [0, 0.1) is 0 Å². The summed E-state index contributed by atoms with van der Waals surface area (Å²) in [4.78, 5) is 33.3. The number of rotatable bonds is 3. The van der Waals surface area contributed by atoms with Gasteiger partial charge in [-0.1, -0.05) is 0 Å². The summed E-state index contributed by atoms with van der Waals surface area (Å²) >= 11 is 0. The molecular weight excluding hydrogens is 238 g/mol. The molecule has 1 fully saturated rings. The van der Waals surface area contributed by atoms with Gasteiger partial charge in [0, 0.05) is 19.2 Å². The van der Waals surface area contributed by atoms with Gasteiger partial charge >= 0.3 is 5.97 Å². The molecule has 18 heavy (non-hydrogen) atoms. The topological polar surface area (TPSA) is 101 Å². The number of carboxylic acids is 1. The van der Waals surface area contributed by atoms with E-state index in [-0.39, 0.29) is 24.7 Å². The lowest BCUT2D eigenvalue weighted by atomic mass is 9.94. The zero-order chi connectivity index (χ0) is 13.3. The van der Waals surface area contributed by atoms with Crippen molar-refractivity contribution in [1.29, 1.82) is 0 Å². The highest BCUT2D eigenvalue weighted by atomic mass is 16.4. The Morgan fingerprint density at radius 1 is 1.61 bits per heavy atom. The molecule has 0 aromatic carbocycles. The van der Waals surface area contributed by atoms with Crippen molar-refractivity contribution in [2.24, 2.45) is 7.05 Å². The number of amides is 2. The smallest absolute Gasteiger partial charge is 0.309 e. The molecule has 1 aliphatic rings. The Labute approximate surface area is 103 Å². The van der Waals surface area contributed by atoms with Crippen molar-refractivity contribution in [1.82, 2.24) is 15.1 Å². The zero-order valence-electron chi connectivity index (χ0n) is 9.84. The molecule has 2 amide bonds. The molecule has 0 bridgehead atoms. The predicted molar refractivity (Wildman–Crippen MR) is 59.7 cm³/mol. The van der Waals surface area contributed by atoms with E-state index in [1.807, 2.05) is 0 Å². The van der Waals surface area contributed by atoms with Crippen LogP contribution in [-0.4, -0.2) is 32.7 Å². The van der Waals surface area contributed by atoms with Gasteiger partial charge in [0.1, 0.15) is 0 Å². The Balaban J connectivity index is 2.21. The van der Waals surface area contributed by atoms with Crippen molar-refractivity contribution in [3.8, 4) is 0 Å². The average Bonchev–Trinajstić information content (AvgIpc) is 2.59. The number of carboxylic acid groups (broad SMARTS) is 1. The lowest BCUT2D eigenvalue weighted by molar-refractivity contribution is -0.136. The minimum absolute atomic E-state index is 0.142. The van der Waals surface area contributed by atoms with Crippen LogP contribution in [0.5, 0.6) is 0 Å². The summed E-state index contributed by atoms with van der Waals surface area (Å²) < 4.78 is 1.45. The van der Waals surface area contributed by atoms with Gasteiger partial charge in [0.15, 0.2) is 0 Å². The fraction of sp³-hybridized carbons (Fsp3) is 0.455. The Morgan fingerprint density at radius 2 is 2.33 bits per heavy atom. The third-order valence-corrected chi connectivity index (χ3v) is 2.92. The van der Waals surface area contributed by atoms with E-state index >= 15 is 0 Å².